The molecule has 188 valence electrons. The van der Waals surface area contributed by atoms with Gasteiger partial charge in [0.05, 0.1) is 7.11 Å². The van der Waals surface area contributed by atoms with Crippen molar-refractivity contribution in [2.75, 3.05) is 62.3 Å². The Morgan fingerprint density at radius 1 is 1.03 bits per heavy atom. The fourth-order valence-electron chi connectivity index (χ4n) is 4.14. The fourth-order valence-corrected chi connectivity index (χ4v) is 4.14. The van der Waals surface area contributed by atoms with Gasteiger partial charge in [0.2, 0.25) is 17.8 Å². The zero-order valence-corrected chi connectivity index (χ0v) is 20.7. The number of hydrogen-bond acceptors (Lipinski definition) is 9. The second-order valence-corrected chi connectivity index (χ2v) is 8.43. The van der Waals surface area contributed by atoms with Gasteiger partial charge in [0.15, 0.2) is 11.6 Å². The minimum atomic E-state index is -0.447. The van der Waals surface area contributed by atoms with Crippen molar-refractivity contribution in [3.63, 3.8) is 0 Å². The molecule has 10 heteroatoms. The molecule has 1 atom stereocenters. The van der Waals surface area contributed by atoms with Crippen molar-refractivity contribution in [1.82, 2.24) is 25.2 Å². The molecule has 3 rings (SSSR count). The van der Waals surface area contributed by atoms with Crippen LogP contribution in [0.1, 0.15) is 46.0 Å². The average molecular weight is 475 g/mol. The van der Waals surface area contributed by atoms with E-state index in [1.165, 1.54) is 26.0 Å². The summed E-state index contributed by atoms with van der Waals surface area (Å²) in [5.74, 6) is 1.10. The summed E-state index contributed by atoms with van der Waals surface area (Å²) >= 11 is 0. The van der Waals surface area contributed by atoms with Gasteiger partial charge in [-0.3, -0.25) is 4.90 Å². The monoisotopic (exact) mass is 474 g/mol. The number of hydrogen-bond donors (Lipinski definition) is 4. The zero-order valence-electron chi connectivity index (χ0n) is 20.7. The fraction of sp³-hybridized carbons (Fsp3) is 0.625. The Morgan fingerprint density at radius 2 is 1.79 bits per heavy atom. The Balaban J connectivity index is 1.65. The van der Waals surface area contributed by atoms with Crippen LogP contribution in [-0.4, -0.2) is 72.3 Å². The van der Waals surface area contributed by atoms with Gasteiger partial charge in [0.1, 0.15) is 0 Å². The lowest BCUT2D eigenvalue weighted by Gasteiger charge is -2.23. The van der Waals surface area contributed by atoms with Gasteiger partial charge in [0.25, 0.3) is 0 Å². The Hall–Kier alpha value is -2.72. The van der Waals surface area contributed by atoms with E-state index < -0.39 is 5.82 Å². The highest BCUT2D eigenvalue weighted by molar-refractivity contribution is 5.57. The van der Waals surface area contributed by atoms with Crippen LogP contribution >= 0.6 is 0 Å². The summed E-state index contributed by atoms with van der Waals surface area (Å²) < 4.78 is 19.1. The number of likely N-dealkylation sites (tertiary alicyclic amines) is 1. The maximum Gasteiger partial charge on any atom is 0.233 e. The lowest BCUT2D eigenvalue weighted by Crippen LogP contribution is -2.35. The molecule has 2 heterocycles. The Kier molecular flexibility index (Phi) is 10.6. The number of benzene rings is 1. The first-order chi connectivity index (χ1) is 16.6. The SMILES string of the molecule is CCNCCCCCNc1nc(NCC2CCCN2CC)nc(Nc2ccc(OC)c(F)c2)n1. The topological polar surface area (TPSA) is 99.3 Å². The third kappa shape index (κ3) is 7.95. The van der Waals surface area contributed by atoms with Crippen molar-refractivity contribution in [3.05, 3.63) is 24.0 Å². The van der Waals surface area contributed by atoms with Crippen molar-refractivity contribution in [2.24, 2.45) is 0 Å². The maximum atomic E-state index is 14.1. The van der Waals surface area contributed by atoms with Gasteiger partial charge in [-0.15, -0.1) is 0 Å². The second-order valence-electron chi connectivity index (χ2n) is 8.43. The molecular formula is C24H39FN8O. The molecule has 9 nitrogen and oxygen atoms in total. The predicted molar refractivity (Wildman–Crippen MR) is 136 cm³/mol. The molecule has 34 heavy (non-hydrogen) atoms. The molecule has 1 unspecified atom stereocenters. The predicted octanol–water partition coefficient (Wildman–Crippen LogP) is 3.85. The highest BCUT2D eigenvalue weighted by atomic mass is 19.1. The van der Waals surface area contributed by atoms with E-state index in [1.807, 2.05) is 0 Å². The number of rotatable bonds is 15. The quantitative estimate of drug-likeness (QED) is 0.287. The van der Waals surface area contributed by atoms with Gasteiger partial charge >= 0.3 is 0 Å². The van der Waals surface area contributed by atoms with Crippen molar-refractivity contribution in [2.45, 2.75) is 52.0 Å². The molecule has 1 saturated heterocycles. The molecule has 1 aromatic carbocycles. The number of likely N-dealkylation sites (N-methyl/N-ethyl adjacent to an activating group) is 1. The molecule has 4 N–H and O–H groups in total. The van der Waals surface area contributed by atoms with Gasteiger partial charge in [-0.05, 0) is 64.0 Å². The standard InChI is InChI=1S/C24H39FN8O/c1-4-26-13-7-6-8-14-27-22-30-23(28-17-19-10-9-15-33(19)5-2)32-24(31-22)29-18-11-12-21(34-3)20(25)16-18/h11-12,16,19,26H,4-10,13-15,17H2,1-3H3,(H3,27,28,29,30,31,32). The first-order valence-electron chi connectivity index (χ1n) is 12.4. The maximum absolute atomic E-state index is 14.1. The van der Waals surface area contributed by atoms with E-state index in [4.69, 9.17) is 4.74 Å². The summed E-state index contributed by atoms with van der Waals surface area (Å²) in [6.07, 6.45) is 5.68. The van der Waals surface area contributed by atoms with Crippen LogP contribution < -0.4 is 26.0 Å². The average Bonchev–Trinajstić information content (AvgIpc) is 3.30. The molecular weight excluding hydrogens is 435 g/mol. The third-order valence-corrected chi connectivity index (χ3v) is 6.01. The molecule has 0 aliphatic carbocycles. The lowest BCUT2D eigenvalue weighted by atomic mass is 10.2. The number of nitrogens with zero attached hydrogens (tertiary/aromatic N) is 4. The zero-order chi connectivity index (χ0) is 24.2. The van der Waals surface area contributed by atoms with E-state index in [0.29, 0.717) is 29.6 Å². The van der Waals surface area contributed by atoms with Crippen molar-refractivity contribution in [3.8, 4) is 5.75 Å². The molecule has 1 aromatic heterocycles. The normalized spacial score (nSPS) is 15.9. The highest BCUT2D eigenvalue weighted by Crippen LogP contribution is 2.23. The van der Waals surface area contributed by atoms with Gasteiger partial charge in [-0.1, -0.05) is 20.3 Å². The van der Waals surface area contributed by atoms with E-state index >= 15 is 0 Å². The summed E-state index contributed by atoms with van der Waals surface area (Å²) in [5.41, 5.74) is 0.540. The number of ether oxygens (including phenoxy) is 1. The van der Waals surface area contributed by atoms with Crippen molar-refractivity contribution < 1.29 is 9.13 Å². The lowest BCUT2D eigenvalue weighted by molar-refractivity contribution is 0.277. The van der Waals surface area contributed by atoms with Crippen LogP contribution in [0.5, 0.6) is 5.75 Å². The van der Waals surface area contributed by atoms with Crippen LogP contribution in [0.25, 0.3) is 0 Å². The summed E-state index contributed by atoms with van der Waals surface area (Å²) in [5, 5.41) is 13.1. The largest absolute Gasteiger partial charge is 0.494 e. The number of methoxy groups -OCH3 is 1. The van der Waals surface area contributed by atoms with Gasteiger partial charge in [0, 0.05) is 30.9 Å². The van der Waals surface area contributed by atoms with Crippen LogP contribution in [0, 0.1) is 5.82 Å². The first kappa shape index (κ1) is 25.9. The van der Waals surface area contributed by atoms with E-state index in [1.54, 1.807) is 12.1 Å². The second kappa shape index (κ2) is 13.9. The molecule has 1 aliphatic rings. The molecule has 0 radical (unpaired) electrons. The minimum Gasteiger partial charge on any atom is -0.494 e. The summed E-state index contributed by atoms with van der Waals surface area (Å²) in [6.45, 7) is 10.1. The molecule has 0 spiro atoms. The van der Waals surface area contributed by atoms with E-state index in [2.05, 4.69) is 55.0 Å². The molecule has 0 saturated carbocycles. The van der Waals surface area contributed by atoms with Crippen LogP contribution in [0.4, 0.5) is 27.9 Å². The number of nitrogens with one attached hydrogen (secondary N) is 4. The van der Waals surface area contributed by atoms with Crippen LogP contribution in [0.2, 0.25) is 0 Å². The number of anilines is 4. The van der Waals surface area contributed by atoms with Crippen molar-refractivity contribution in [1.29, 1.82) is 0 Å². The van der Waals surface area contributed by atoms with Crippen LogP contribution in [-0.2, 0) is 0 Å². The van der Waals surface area contributed by atoms with Gasteiger partial charge < -0.3 is 26.0 Å². The summed E-state index contributed by atoms with van der Waals surface area (Å²) in [4.78, 5) is 16.1. The van der Waals surface area contributed by atoms with Gasteiger partial charge in [-0.2, -0.15) is 15.0 Å². The van der Waals surface area contributed by atoms with Crippen molar-refractivity contribution >= 4 is 23.5 Å². The minimum absolute atomic E-state index is 0.192. The Morgan fingerprint density at radius 3 is 2.53 bits per heavy atom. The Labute approximate surface area is 202 Å². The number of unbranched alkanes of at least 4 members (excludes halogenated alkanes) is 2. The first-order valence-corrected chi connectivity index (χ1v) is 12.4. The van der Waals surface area contributed by atoms with E-state index in [0.717, 1.165) is 58.5 Å². The number of aromatic nitrogens is 3. The van der Waals surface area contributed by atoms with E-state index in [-0.39, 0.29) is 5.75 Å². The Bertz CT molecular complexity index is 884. The highest BCUT2D eigenvalue weighted by Gasteiger charge is 2.23. The van der Waals surface area contributed by atoms with Gasteiger partial charge in [-0.25, -0.2) is 4.39 Å². The van der Waals surface area contributed by atoms with E-state index in [9.17, 15) is 4.39 Å². The summed E-state index contributed by atoms with van der Waals surface area (Å²) in [7, 11) is 1.44. The molecule has 0 bridgehead atoms. The molecule has 2 aromatic rings. The number of halogens is 1. The molecule has 1 aliphatic heterocycles. The third-order valence-electron chi connectivity index (χ3n) is 6.01. The van der Waals surface area contributed by atoms with Crippen LogP contribution in [0.3, 0.4) is 0 Å². The smallest absolute Gasteiger partial charge is 0.233 e. The molecule has 0 amide bonds. The molecule has 1 fully saturated rings. The summed E-state index contributed by atoms with van der Waals surface area (Å²) in [6, 6.07) is 5.14. The van der Waals surface area contributed by atoms with Crippen LogP contribution in [0.15, 0.2) is 18.2 Å².